The van der Waals surface area contributed by atoms with Gasteiger partial charge in [0.1, 0.15) is 5.60 Å². The van der Waals surface area contributed by atoms with Gasteiger partial charge in [-0.25, -0.2) is 0 Å². The molecule has 25 heavy (non-hydrogen) atoms. The van der Waals surface area contributed by atoms with E-state index in [1.165, 1.54) is 11.1 Å². The second kappa shape index (κ2) is 10.1. The summed E-state index contributed by atoms with van der Waals surface area (Å²) in [6.07, 6.45) is 4.33. The van der Waals surface area contributed by atoms with E-state index in [1.807, 2.05) is 26.8 Å². The van der Waals surface area contributed by atoms with Crippen molar-refractivity contribution < 1.29 is 9.53 Å². The first kappa shape index (κ1) is 21.0. The number of ether oxygens (including phenoxy) is 1. The van der Waals surface area contributed by atoms with Crippen molar-refractivity contribution in [2.45, 2.75) is 72.3 Å². The summed E-state index contributed by atoms with van der Waals surface area (Å²) >= 11 is 0. The molecule has 0 saturated heterocycles. The second-order valence-corrected chi connectivity index (χ2v) is 7.44. The van der Waals surface area contributed by atoms with Crippen LogP contribution in [0.4, 0.5) is 5.69 Å². The quantitative estimate of drug-likeness (QED) is 0.318. The topological polar surface area (TPSA) is 76.7 Å². The molecule has 0 saturated carbocycles. The molecule has 5 heteroatoms. The Labute approximate surface area is 152 Å². The van der Waals surface area contributed by atoms with Crippen LogP contribution in [0.25, 0.3) is 0 Å². The molecule has 0 atom stereocenters. The van der Waals surface area contributed by atoms with Crippen molar-refractivity contribution in [2.24, 2.45) is 10.7 Å². The summed E-state index contributed by atoms with van der Waals surface area (Å²) in [5.74, 6) is 0.323. The Morgan fingerprint density at radius 2 is 1.80 bits per heavy atom. The fourth-order valence-electron chi connectivity index (χ4n) is 2.33. The number of nitrogens with two attached hydrogens (primary N) is 1. The van der Waals surface area contributed by atoms with Crippen molar-refractivity contribution in [3.63, 3.8) is 0 Å². The molecule has 0 aliphatic carbocycles. The Morgan fingerprint density at radius 3 is 2.44 bits per heavy atom. The molecular formula is C20H33N3O2. The van der Waals surface area contributed by atoms with Crippen LogP contribution in [0.15, 0.2) is 23.2 Å². The van der Waals surface area contributed by atoms with Crippen LogP contribution in [0.1, 0.15) is 64.0 Å². The zero-order chi connectivity index (χ0) is 18.9. The first-order valence-corrected chi connectivity index (χ1v) is 9.03. The van der Waals surface area contributed by atoms with Gasteiger partial charge in [0.2, 0.25) is 0 Å². The van der Waals surface area contributed by atoms with E-state index in [9.17, 15) is 4.79 Å². The lowest BCUT2D eigenvalue weighted by molar-refractivity contribution is -0.154. The SMILES string of the molecule is Cc1ccc(NC(N)=NCCCCCCC(=O)OC(C)(C)C)cc1C. The van der Waals surface area contributed by atoms with Gasteiger partial charge in [-0.1, -0.05) is 18.9 Å². The minimum absolute atomic E-state index is 0.118. The van der Waals surface area contributed by atoms with Crippen molar-refractivity contribution in [2.75, 3.05) is 11.9 Å². The van der Waals surface area contributed by atoms with E-state index in [4.69, 9.17) is 10.5 Å². The number of carbonyl (C=O) groups is 1. The van der Waals surface area contributed by atoms with Gasteiger partial charge in [-0.05, 0) is 70.7 Å². The summed E-state index contributed by atoms with van der Waals surface area (Å²) in [6.45, 7) is 10.5. The number of carbonyl (C=O) groups excluding carboxylic acids is 1. The molecule has 0 aliphatic heterocycles. The lowest BCUT2D eigenvalue weighted by Gasteiger charge is -2.19. The number of esters is 1. The predicted octanol–water partition coefficient (Wildman–Crippen LogP) is 4.32. The molecule has 0 aliphatic rings. The number of unbranched alkanes of at least 4 members (excludes halogenated alkanes) is 3. The number of anilines is 1. The van der Waals surface area contributed by atoms with Gasteiger partial charge in [0, 0.05) is 18.7 Å². The minimum atomic E-state index is -0.397. The normalized spacial score (nSPS) is 12.1. The van der Waals surface area contributed by atoms with Crippen molar-refractivity contribution in [3.05, 3.63) is 29.3 Å². The summed E-state index contributed by atoms with van der Waals surface area (Å²) in [7, 11) is 0. The van der Waals surface area contributed by atoms with Crippen molar-refractivity contribution in [1.82, 2.24) is 0 Å². The lowest BCUT2D eigenvalue weighted by Crippen LogP contribution is -2.23. The highest BCUT2D eigenvalue weighted by molar-refractivity contribution is 5.92. The molecule has 0 unspecified atom stereocenters. The summed E-state index contributed by atoms with van der Waals surface area (Å²) < 4.78 is 5.28. The molecule has 5 nitrogen and oxygen atoms in total. The fraction of sp³-hybridized carbons (Fsp3) is 0.600. The largest absolute Gasteiger partial charge is 0.460 e. The third kappa shape index (κ3) is 9.75. The molecule has 1 aromatic rings. The molecule has 1 rings (SSSR count). The number of guanidine groups is 1. The highest BCUT2D eigenvalue weighted by Gasteiger charge is 2.15. The molecule has 1 aromatic carbocycles. The summed E-state index contributed by atoms with van der Waals surface area (Å²) in [5, 5.41) is 3.12. The maximum absolute atomic E-state index is 11.6. The van der Waals surface area contributed by atoms with Crippen LogP contribution in [-0.2, 0) is 9.53 Å². The van der Waals surface area contributed by atoms with Gasteiger partial charge in [-0.2, -0.15) is 0 Å². The molecule has 140 valence electrons. The van der Waals surface area contributed by atoms with Crippen LogP contribution in [0.5, 0.6) is 0 Å². The van der Waals surface area contributed by atoms with E-state index in [2.05, 4.69) is 36.3 Å². The standard InChI is InChI=1S/C20H33N3O2/c1-15-11-12-17(14-16(15)2)23-19(21)22-13-9-7-6-8-10-18(24)25-20(3,4)5/h11-12,14H,6-10,13H2,1-5H3,(H3,21,22,23). The van der Waals surface area contributed by atoms with Crippen LogP contribution in [0.3, 0.4) is 0 Å². The Kier molecular flexibility index (Phi) is 8.46. The van der Waals surface area contributed by atoms with Gasteiger partial charge in [0.15, 0.2) is 5.96 Å². The van der Waals surface area contributed by atoms with Gasteiger partial charge < -0.3 is 15.8 Å². The number of hydrogen-bond donors (Lipinski definition) is 2. The van der Waals surface area contributed by atoms with Gasteiger partial charge in [0.25, 0.3) is 0 Å². The Morgan fingerprint density at radius 1 is 1.12 bits per heavy atom. The van der Waals surface area contributed by atoms with E-state index in [1.54, 1.807) is 0 Å². The zero-order valence-corrected chi connectivity index (χ0v) is 16.3. The third-order valence-electron chi connectivity index (χ3n) is 3.77. The number of rotatable bonds is 8. The Hall–Kier alpha value is -2.04. The molecular weight excluding hydrogens is 314 g/mol. The van der Waals surface area contributed by atoms with Crippen LogP contribution in [0, 0.1) is 13.8 Å². The van der Waals surface area contributed by atoms with E-state index >= 15 is 0 Å². The number of aryl methyl sites for hydroxylation is 2. The molecule has 0 radical (unpaired) electrons. The van der Waals surface area contributed by atoms with E-state index < -0.39 is 5.60 Å². The maximum Gasteiger partial charge on any atom is 0.306 e. The van der Waals surface area contributed by atoms with E-state index in [0.29, 0.717) is 18.9 Å². The molecule has 0 aromatic heterocycles. The monoisotopic (exact) mass is 347 g/mol. The molecule has 0 bridgehead atoms. The fourth-order valence-corrected chi connectivity index (χ4v) is 2.33. The van der Waals surface area contributed by atoms with Crippen molar-refractivity contribution in [1.29, 1.82) is 0 Å². The van der Waals surface area contributed by atoms with Crippen molar-refractivity contribution >= 4 is 17.6 Å². The van der Waals surface area contributed by atoms with Crippen LogP contribution in [0.2, 0.25) is 0 Å². The zero-order valence-electron chi connectivity index (χ0n) is 16.3. The first-order valence-electron chi connectivity index (χ1n) is 9.03. The smallest absolute Gasteiger partial charge is 0.306 e. The van der Waals surface area contributed by atoms with Gasteiger partial charge >= 0.3 is 5.97 Å². The maximum atomic E-state index is 11.6. The molecule has 3 N–H and O–H groups in total. The molecule has 0 spiro atoms. The van der Waals surface area contributed by atoms with Gasteiger partial charge in [-0.15, -0.1) is 0 Å². The first-order chi connectivity index (χ1) is 11.7. The summed E-state index contributed by atoms with van der Waals surface area (Å²) in [6, 6.07) is 6.13. The summed E-state index contributed by atoms with van der Waals surface area (Å²) in [4.78, 5) is 15.9. The number of aliphatic imine (C=N–C) groups is 1. The van der Waals surface area contributed by atoms with Crippen LogP contribution >= 0.6 is 0 Å². The predicted molar refractivity (Wildman–Crippen MR) is 105 cm³/mol. The van der Waals surface area contributed by atoms with Gasteiger partial charge in [0.05, 0.1) is 0 Å². The Bertz CT molecular complexity index is 589. The molecule has 0 heterocycles. The molecule has 0 fully saturated rings. The third-order valence-corrected chi connectivity index (χ3v) is 3.77. The van der Waals surface area contributed by atoms with Crippen LogP contribution in [-0.4, -0.2) is 24.1 Å². The average molecular weight is 348 g/mol. The van der Waals surface area contributed by atoms with Crippen molar-refractivity contribution in [3.8, 4) is 0 Å². The molecule has 0 amide bonds. The lowest BCUT2D eigenvalue weighted by atomic mass is 10.1. The number of nitrogens with one attached hydrogen (secondary N) is 1. The number of nitrogens with zero attached hydrogens (tertiary/aromatic N) is 1. The van der Waals surface area contributed by atoms with Crippen LogP contribution < -0.4 is 11.1 Å². The summed E-state index contributed by atoms with van der Waals surface area (Å²) in [5.41, 5.74) is 8.96. The highest BCUT2D eigenvalue weighted by atomic mass is 16.6. The highest BCUT2D eigenvalue weighted by Crippen LogP contribution is 2.14. The van der Waals surface area contributed by atoms with Gasteiger partial charge in [-0.3, -0.25) is 9.79 Å². The van der Waals surface area contributed by atoms with E-state index in [-0.39, 0.29) is 5.97 Å². The second-order valence-electron chi connectivity index (χ2n) is 7.44. The average Bonchev–Trinajstić information content (AvgIpc) is 2.48. The van der Waals surface area contributed by atoms with E-state index in [0.717, 1.165) is 31.4 Å². The number of hydrogen-bond acceptors (Lipinski definition) is 3. The number of benzene rings is 1. The minimum Gasteiger partial charge on any atom is -0.460 e. The Balaban J connectivity index is 2.16.